The third-order valence-corrected chi connectivity index (χ3v) is 6.20. The Labute approximate surface area is 185 Å². The van der Waals surface area contributed by atoms with Crippen LogP contribution in [0.1, 0.15) is 11.1 Å². The van der Waals surface area contributed by atoms with E-state index in [2.05, 4.69) is 15.9 Å². The highest BCUT2D eigenvalue weighted by molar-refractivity contribution is 9.10. The molecule has 3 aromatic carbocycles. The van der Waals surface area contributed by atoms with Gasteiger partial charge in [-0.05, 0) is 35.9 Å². The Morgan fingerprint density at radius 1 is 0.833 bits per heavy atom. The van der Waals surface area contributed by atoms with Crippen LogP contribution in [0.4, 0.5) is 0 Å². The van der Waals surface area contributed by atoms with E-state index in [0.717, 1.165) is 10.0 Å². The van der Waals surface area contributed by atoms with Crippen LogP contribution in [-0.2, 0) is 23.4 Å². The van der Waals surface area contributed by atoms with Crippen molar-refractivity contribution < 1.29 is 22.1 Å². The molecule has 158 valence electrons. The zero-order chi connectivity index (χ0) is 21.6. The largest absolute Gasteiger partial charge is 0.497 e. The number of methoxy groups -OCH3 is 2. The lowest BCUT2D eigenvalue weighted by Gasteiger charge is -2.23. The summed E-state index contributed by atoms with van der Waals surface area (Å²) in [6.07, 6.45) is 0. The molecule has 0 radical (unpaired) electrons. The zero-order valence-electron chi connectivity index (χ0n) is 16.6. The molecule has 0 aliphatic heterocycles. The normalized spacial score (nSPS) is 11.3. The second kappa shape index (κ2) is 9.97. The predicted octanol–water partition coefficient (Wildman–Crippen LogP) is 4.79. The first-order valence-electron chi connectivity index (χ1n) is 9.11. The maximum absolute atomic E-state index is 13.1. The summed E-state index contributed by atoms with van der Waals surface area (Å²) in [7, 11) is -0.998. The molecule has 0 aromatic heterocycles. The molecule has 30 heavy (non-hydrogen) atoms. The molecule has 0 unspecified atom stereocenters. The second-order valence-electron chi connectivity index (χ2n) is 6.43. The quantitative estimate of drug-likeness (QED) is 0.430. The van der Waals surface area contributed by atoms with Gasteiger partial charge in [0.25, 0.3) is 0 Å². The van der Waals surface area contributed by atoms with E-state index in [1.165, 1.54) is 11.4 Å². The minimum Gasteiger partial charge on any atom is -0.497 e. The fourth-order valence-corrected chi connectivity index (χ4v) is 4.17. The molecule has 0 aliphatic rings. The standard InChI is InChI=1S/C22H22BrNO5S/c1-27-21-11-8-18(22(14-21)28-2)16-24(15-17-6-4-3-5-7-17)30(25,26)29-20-12-9-19(23)10-13-20/h3-14H,15-16H2,1-2H3. The Hall–Kier alpha value is -2.55. The van der Waals surface area contributed by atoms with Gasteiger partial charge < -0.3 is 13.7 Å². The van der Waals surface area contributed by atoms with Crippen LogP contribution in [0.5, 0.6) is 17.2 Å². The summed E-state index contributed by atoms with van der Waals surface area (Å²) in [5.41, 5.74) is 1.53. The molecular weight excluding hydrogens is 470 g/mol. The predicted molar refractivity (Wildman–Crippen MR) is 119 cm³/mol. The van der Waals surface area contributed by atoms with E-state index in [1.807, 2.05) is 30.3 Å². The highest BCUT2D eigenvalue weighted by atomic mass is 79.9. The fraction of sp³-hybridized carbons (Fsp3) is 0.182. The van der Waals surface area contributed by atoms with Gasteiger partial charge >= 0.3 is 10.3 Å². The van der Waals surface area contributed by atoms with Gasteiger partial charge in [-0.3, -0.25) is 0 Å². The highest BCUT2D eigenvalue weighted by Gasteiger charge is 2.26. The van der Waals surface area contributed by atoms with Crippen LogP contribution >= 0.6 is 15.9 Å². The molecule has 0 bridgehead atoms. The fourth-order valence-electron chi connectivity index (χ4n) is 2.84. The Balaban J connectivity index is 1.92. The van der Waals surface area contributed by atoms with Crippen molar-refractivity contribution in [3.05, 3.63) is 88.4 Å². The number of hydrogen-bond acceptors (Lipinski definition) is 5. The van der Waals surface area contributed by atoms with Gasteiger partial charge in [-0.2, -0.15) is 12.7 Å². The number of nitrogens with zero attached hydrogens (tertiary/aromatic N) is 1. The molecule has 0 heterocycles. The number of benzene rings is 3. The molecule has 0 aliphatic carbocycles. The highest BCUT2D eigenvalue weighted by Crippen LogP contribution is 2.28. The summed E-state index contributed by atoms with van der Waals surface area (Å²) in [5.74, 6) is 1.39. The minimum absolute atomic E-state index is 0.0704. The molecule has 3 rings (SSSR count). The molecule has 0 spiro atoms. The Morgan fingerprint density at radius 2 is 1.50 bits per heavy atom. The molecule has 0 fully saturated rings. The summed E-state index contributed by atoms with van der Waals surface area (Å²) < 4.78 is 44.4. The van der Waals surface area contributed by atoms with Crippen molar-refractivity contribution in [1.82, 2.24) is 4.31 Å². The summed E-state index contributed by atoms with van der Waals surface area (Å²) in [6, 6.07) is 21.2. The third kappa shape index (κ3) is 5.75. The van der Waals surface area contributed by atoms with Gasteiger partial charge in [-0.1, -0.05) is 52.3 Å². The smallest absolute Gasteiger partial charge is 0.385 e. The van der Waals surface area contributed by atoms with Gasteiger partial charge in [0.05, 0.1) is 14.2 Å². The minimum atomic E-state index is -4.09. The van der Waals surface area contributed by atoms with Crippen LogP contribution in [0.25, 0.3) is 0 Å². The summed E-state index contributed by atoms with van der Waals surface area (Å²) in [6.45, 7) is 0.218. The number of halogens is 1. The van der Waals surface area contributed by atoms with E-state index in [0.29, 0.717) is 17.1 Å². The summed E-state index contributed by atoms with van der Waals surface area (Å²) >= 11 is 3.33. The van der Waals surface area contributed by atoms with Crippen molar-refractivity contribution in [2.45, 2.75) is 13.1 Å². The SMILES string of the molecule is COc1ccc(CN(Cc2ccccc2)S(=O)(=O)Oc2ccc(Br)cc2)c(OC)c1. The van der Waals surface area contributed by atoms with Crippen LogP contribution in [0, 0.1) is 0 Å². The van der Waals surface area contributed by atoms with Crippen molar-refractivity contribution in [2.75, 3.05) is 14.2 Å². The first-order chi connectivity index (χ1) is 14.4. The van der Waals surface area contributed by atoms with Gasteiger partial charge in [0.1, 0.15) is 17.2 Å². The van der Waals surface area contributed by atoms with E-state index in [1.54, 1.807) is 49.6 Å². The van der Waals surface area contributed by atoms with Crippen molar-refractivity contribution >= 4 is 26.2 Å². The first-order valence-corrected chi connectivity index (χ1v) is 11.3. The second-order valence-corrected chi connectivity index (χ2v) is 8.88. The number of hydrogen-bond donors (Lipinski definition) is 0. The zero-order valence-corrected chi connectivity index (χ0v) is 19.0. The topological polar surface area (TPSA) is 65.1 Å². The van der Waals surface area contributed by atoms with Crippen molar-refractivity contribution in [3.63, 3.8) is 0 Å². The Kier molecular flexibility index (Phi) is 7.36. The molecule has 6 nitrogen and oxygen atoms in total. The van der Waals surface area contributed by atoms with Crippen LogP contribution in [0.3, 0.4) is 0 Å². The Bertz CT molecular complexity index is 1070. The third-order valence-electron chi connectivity index (χ3n) is 4.37. The molecular formula is C22H22BrNO5S. The maximum atomic E-state index is 13.1. The molecule has 0 saturated carbocycles. The number of rotatable bonds is 9. The van der Waals surface area contributed by atoms with Gasteiger partial charge in [0.15, 0.2) is 0 Å². The first kappa shape index (κ1) is 22.1. The average molecular weight is 492 g/mol. The molecule has 0 saturated heterocycles. The maximum Gasteiger partial charge on any atom is 0.385 e. The molecule has 0 N–H and O–H groups in total. The van der Waals surface area contributed by atoms with Gasteiger partial charge in [0, 0.05) is 29.2 Å². The van der Waals surface area contributed by atoms with Crippen LogP contribution in [0.15, 0.2) is 77.3 Å². The van der Waals surface area contributed by atoms with Crippen molar-refractivity contribution in [2.24, 2.45) is 0 Å². The lowest BCUT2D eigenvalue weighted by Crippen LogP contribution is -2.33. The van der Waals surface area contributed by atoms with Crippen LogP contribution in [0.2, 0.25) is 0 Å². The van der Waals surface area contributed by atoms with E-state index in [9.17, 15) is 8.42 Å². The Morgan fingerprint density at radius 3 is 2.13 bits per heavy atom. The molecule has 8 heteroatoms. The lowest BCUT2D eigenvalue weighted by molar-refractivity contribution is 0.336. The van der Waals surface area contributed by atoms with E-state index in [-0.39, 0.29) is 18.8 Å². The van der Waals surface area contributed by atoms with E-state index in [4.69, 9.17) is 13.7 Å². The average Bonchev–Trinajstić information content (AvgIpc) is 2.75. The van der Waals surface area contributed by atoms with Crippen molar-refractivity contribution in [1.29, 1.82) is 0 Å². The molecule has 3 aromatic rings. The lowest BCUT2D eigenvalue weighted by atomic mass is 10.1. The van der Waals surface area contributed by atoms with Crippen molar-refractivity contribution in [3.8, 4) is 17.2 Å². The van der Waals surface area contributed by atoms with Gasteiger partial charge in [-0.25, -0.2) is 0 Å². The summed E-state index contributed by atoms with van der Waals surface area (Å²) in [4.78, 5) is 0. The monoisotopic (exact) mass is 491 g/mol. The number of ether oxygens (including phenoxy) is 2. The van der Waals surface area contributed by atoms with Crippen LogP contribution < -0.4 is 13.7 Å². The van der Waals surface area contributed by atoms with E-state index < -0.39 is 10.3 Å². The molecule has 0 amide bonds. The van der Waals surface area contributed by atoms with Gasteiger partial charge in [0.2, 0.25) is 0 Å². The molecule has 0 atom stereocenters. The summed E-state index contributed by atoms with van der Waals surface area (Å²) in [5, 5.41) is 0. The van der Waals surface area contributed by atoms with Crippen LogP contribution in [-0.4, -0.2) is 26.9 Å². The van der Waals surface area contributed by atoms with Gasteiger partial charge in [-0.15, -0.1) is 0 Å². The van der Waals surface area contributed by atoms with E-state index >= 15 is 0 Å².